The fourth-order valence-electron chi connectivity index (χ4n) is 4.90. The molecule has 3 amide bonds. The molecule has 37 heavy (non-hydrogen) atoms. The van der Waals surface area contributed by atoms with E-state index in [1.54, 1.807) is 13.8 Å². The van der Waals surface area contributed by atoms with Gasteiger partial charge in [0.05, 0.1) is 15.3 Å². The summed E-state index contributed by atoms with van der Waals surface area (Å²) in [6.45, 7) is 3.76. The van der Waals surface area contributed by atoms with E-state index in [0.717, 1.165) is 25.7 Å². The first kappa shape index (κ1) is 30.6. The Morgan fingerprint density at radius 2 is 1.81 bits per heavy atom. The van der Waals surface area contributed by atoms with E-state index in [-0.39, 0.29) is 54.2 Å². The van der Waals surface area contributed by atoms with E-state index in [4.69, 9.17) is 7.48 Å². The largest absolute Gasteiger partial charge is 1.00 e. The standard InChI is InChI=1S/C24H43N3O8S.Na/c1-4-5-16-6-8-17(9-7-16)14-35-24(31)27-19(12-15(2)3)22(29)26-20(23(30)36(32,33)34)13-18-10-11-25-21(18)28;/h15-20,23,30H,4-14H2,1-3H3,(H,25,28)(H,26,29)(H,27,31)(H,32,33,34);/q;+1/p-1/t16?,17?,18-,19-,20-,23?;/m0./s1/i14D2;. The quantitative estimate of drug-likeness (QED) is 0.158. The summed E-state index contributed by atoms with van der Waals surface area (Å²) in [4.78, 5) is 37.7. The van der Waals surface area contributed by atoms with Crippen molar-refractivity contribution in [1.82, 2.24) is 16.0 Å². The number of hydrogen-bond donors (Lipinski definition) is 4. The van der Waals surface area contributed by atoms with Gasteiger partial charge in [0.1, 0.15) is 16.2 Å². The van der Waals surface area contributed by atoms with Crippen molar-refractivity contribution in [3.8, 4) is 0 Å². The van der Waals surface area contributed by atoms with Crippen molar-refractivity contribution in [3.63, 3.8) is 0 Å². The Hall–Kier alpha value is -0.920. The zero-order chi connectivity index (χ0) is 28.7. The molecule has 208 valence electrons. The summed E-state index contributed by atoms with van der Waals surface area (Å²) in [7, 11) is -5.23. The molecular weight excluding hydrogens is 513 g/mol. The summed E-state index contributed by atoms with van der Waals surface area (Å²) in [5.74, 6) is -2.04. The van der Waals surface area contributed by atoms with Crippen LogP contribution in [-0.4, -0.2) is 66.6 Å². The molecule has 2 aliphatic rings. The maximum absolute atomic E-state index is 13.1. The van der Waals surface area contributed by atoms with Gasteiger partial charge in [0.15, 0.2) is 5.44 Å². The van der Waals surface area contributed by atoms with Crippen LogP contribution in [0.4, 0.5) is 4.79 Å². The molecule has 1 saturated heterocycles. The van der Waals surface area contributed by atoms with E-state index in [9.17, 15) is 32.5 Å². The predicted octanol–water partition coefficient (Wildman–Crippen LogP) is -1.39. The number of carbonyl (C=O) groups is 3. The van der Waals surface area contributed by atoms with Gasteiger partial charge in [-0.3, -0.25) is 9.59 Å². The van der Waals surface area contributed by atoms with Crippen molar-refractivity contribution in [2.45, 2.75) is 96.1 Å². The van der Waals surface area contributed by atoms with Crippen LogP contribution in [0.15, 0.2) is 0 Å². The number of carbonyl (C=O) groups excluding carboxylic acids is 3. The molecule has 0 aromatic heterocycles. The molecule has 0 aromatic rings. The van der Waals surface area contributed by atoms with Crippen LogP contribution in [0.25, 0.3) is 0 Å². The van der Waals surface area contributed by atoms with Crippen molar-refractivity contribution in [2.75, 3.05) is 13.1 Å². The third kappa shape index (κ3) is 11.8. The van der Waals surface area contributed by atoms with Crippen molar-refractivity contribution >= 4 is 28.0 Å². The van der Waals surface area contributed by atoms with Gasteiger partial charge in [0.2, 0.25) is 11.8 Å². The Balaban J connectivity index is 0.00000760. The van der Waals surface area contributed by atoms with E-state index in [1.165, 1.54) is 0 Å². The summed E-state index contributed by atoms with van der Waals surface area (Å²) >= 11 is 0. The first-order chi connectivity index (χ1) is 17.6. The Morgan fingerprint density at radius 1 is 1.19 bits per heavy atom. The van der Waals surface area contributed by atoms with Crippen LogP contribution in [0.1, 0.15) is 81.3 Å². The normalized spacial score (nSPS) is 25.6. The van der Waals surface area contributed by atoms with Crippen LogP contribution in [-0.2, 0) is 24.4 Å². The van der Waals surface area contributed by atoms with Crippen LogP contribution in [0, 0.1) is 23.7 Å². The molecule has 1 aliphatic heterocycles. The molecule has 0 spiro atoms. The molecule has 0 bridgehead atoms. The molecule has 13 heteroatoms. The summed E-state index contributed by atoms with van der Waals surface area (Å²) in [6, 6.07) is -2.85. The second-order valence-electron chi connectivity index (χ2n) is 10.4. The summed E-state index contributed by atoms with van der Waals surface area (Å²) in [5.41, 5.74) is -2.50. The molecule has 1 saturated carbocycles. The Labute approximate surface area is 245 Å². The number of ether oxygens (including phenoxy) is 1. The second kappa shape index (κ2) is 16.2. The molecule has 11 nitrogen and oxygen atoms in total. The number of rotatable bonds is 13. The Kier molecular flexibility index (Phi) is 13.4. The molecule has 2 fully saturated rings. The van der Waals surface area contributed by atoms with Crippen molar-refractivity contribution < 1.29 is 69.5 Å². The molecule has 0 radical (unpaired) electrons. The van der Waals surface area contributed by atoms with Crippen molar-refractivity contribution in [1.29, 1.82) is 0 Å². The van der Waals surface area contributed by atoms with E-state index >= 15 is 0 Å². The van der Waals surface area contributed by atoms with E-state index in [2.05, 4.69) is 22.9 Å². The number of hydrogen-bond acceptors (Lipinski definition) is 8. The third-order valence-electron chi connectivity index (χ3n) is 6.85. The molecule has 1 heterocycles. The SMILES string of the molecule is [2H]C([2H])(OC(=O)N[C@@H](CC(C)C)C(=O)N[C@@H](C[C@@H]1CCNC1=O)C(O)S(=O)(=O)[O-])C1CCC(CCC)CC1.[Na+]. The zero-order valence-corrected chi connectivity index (χ0v) is 25.1. The monoisotopic (exact) mass is 557 g/mol. The van der Waals surface area contributed by atoms with Gasteiger partial charge in [-0.05, 0) is 49.9 Å². The number of alkyl carbamates (subject to hydrolysis) is 1. The summed E-state index contributed by atoms with van der Waals surface area (Å²) < 4.78 is 56.3. The number of amides is 3. The number of aliphatic hydroxyl groups is 1. The van der Waals surface area contributed by atoms with Gasteiger partial charge in [-0.1, -0.05) is 46.5 Å². The second-order valence-corrected chi connectivity index (χ2v) is 11.8. The van der Waals surface area contributed by atoms with Gasteiger partial charge < -0.3 is 30.3 Å². The average Bonchev–Trinajstić information content (AvgIpc) is 3.21. The summed E-state index contributed by atoms with van der Waals surface area (Å²) in [5, 5.41) is 17.4. The van der Waals surface area contributed by atoms with Gasteiger partial charge >= 0.3 is 35.7 Å². The summed E-state index contributed by atoms with van der Waals surface area (Å²) in [6.07, 6.45) is 4.01. The van der Waals surface area contributed by atoms with Crippen LogP contribution >= 0.6 is 0 Å². The van der Waals surface area contributed by atoms with Crippen molar-refractivity contribution in [2.24, 2.45) is 23.7 Å². The maximum Gasteiger partial charge on any atom is 1.00 e. The third-order valence-corrected chi connectivity index (χ3v) is 7.77. The van der Waals surface area contributed by atoms with Crippen LogP contribution in [0.2, 0.25) is 0 Å². The zero-order valence-electron chi connectivity index (χ0n) is 24.3. The average molecular weight is 558 g/mol. The van der Waals surface area contributed by atoms with Crippen LogP contribution in [0.3, 0.4) is 0 Å². The molecule has 1 unspecified atom stereocenters. The minimum atomic E-state index is -5.23. The minimum Gasteiger partial charge on any atom is -0.746 e. The van der Waals surface area contributed by atoms with Crippen molar-refractivity contribution in [3.05, 3.63) is 0 Å². The Morgan fingerprint density at radius 3 is 2.32 bits per heavy atom. The van der Waals surface area contributed by atoms with Gasteiger partial charge in [0, 0.05) is 12.5 Å². The van der Waals surface area contributed by atoms with Crippen LogP contribution in [0.5, 0.6) is 0 Å². The fraction of sp³-hybridized carbons (Fsp3) is 0.875. The number of nitrogens with one attached hydrogen (secondary N) is 3. The molecular formula is C24H42N3NaO8S. The molecule has 2 rings (SSSR count). The molecule has 4 N–H and O–H groups in total. The fourth-order valence-corrected chi connectivity index (χ4v) is 5.48. The topological polar surface area (TPSA) is 174 Å². The van der Waals surface area contributed by atoms with E-state index in [0.29, 0.717) is 31.7 Å². The first-order valence-electron chi connectivity index (χ1n) is 13.8. The predicted molar refractivity (Wildman–Crippen MR) is 131 cm³/mol. The van der Waals surface area contributed by atoms with E-state index in [1.807, 2.05) is 0 Å². The van der Waals surface area contributed by atoms with Crippen LogP contribution < -0.4 is 45.5 Å². The smallest absolute Gasteiger partial charge is 0.746 e. The molecule has 0 aromatic carbocycles. The van der Waals surface area contributed by atoms with Gasteiger partial charge in [0.25, 0.3) is 0 Å². The Bertz CT molecular complexity index is 932. The van der Waals surface area contributed by atoms with Gasteiger partial charge in [-0.25, -0.2) is 13.2 Å². The van der Waals surface area contributed by atoms with Gasteiger partial charge in [-0.15, -0.1) is 0 Å². The molecule has 4 atom stereocenters. The minimum absolute atomic E-state index is 0. The maximum atomic E-state index is 13.1. The number of aliphatic hydroxyl groups excluding tert-OH is 1. The molecule has 1 aliphatic carbocycles. The van der Waals surface area contributed by atoms with Gasteiger partial charge in [-0.2, -0.15) is 0 Å². The first-order valence-corrected chi connectivity index (χ1v) is 14.3. The van der Waals surface area contributed by atoms with E-state index < -0.39 is 58.0 Å².